The van der Waals surface area contributed by atoms with E-state index in [4.69, 9.17) is 0 Å². The molecule has 58 heavy (non-hydrogen) atoms. The van der Waals surface area contributed by atoms with E-state index >= 15 is 0 Å². The second-order valence-electron chi connectivity index (χ2n) is 15.4. The molecule has 1 aliphatic carbocycles. The predicted molar refractivity (Wildman–Crippen MR) is 249 cm³/mol. The highest BCUT2D eigenvalue weighted by Gasteiger charge is 2.39. The molecule has 2 aliphatic rings. The van der Waals surface area contributed by atoms with Gasteiger partial charge in [-0.3, -0.25) is 0 Å². The fourth-order valence-corrected chi connectivity index (χ4v) is 10.3. The number of fused-ring (bicyclic) bond motifs is 6. The van der Waals surface area contributed by atoms with Gasteiger partial charge in [-0.05, 0) is 106 Å². The summed E-state index contributed by atoms with van der Waals surface area (Å²) in [6.45, 7) is 2.35. The third kappa shape index (κ3) is 5.86. The van der Waals surface area contributed by atoms with Crippen LogP contribution in [-0.2, 0) is 0 Å². The molecule has 276 valence electrons. The summed E-state index contributed by atoms with van der Waals surface area (Å²) >= 11 is 1.91. The summed E-state index contributed by atoms with van der Waals surface area (Å²) in [7, 11) is 0. The van der Waals surface area contributed by atoms with Crippen LogP contribution in [0.4, 0.5) is 28.4 Å². The van der Waals surface area contributed by atoms with Gasteiger partial charge in [-0.25, -0.2) is 0 Å². The van der Waals surface area contributed by atoms with Crippen LogP contribution < -0.4 is 9.80 Å². The molecule has 9 aromatic rings. The summed E-state index contributed by atoms with van der Waals surface area (Å²) in [6.07, 6.45) is 6.94. The third-order valence-electron chi connectivity index (χ3n) is 11.9. The van der Waals surface area contributed by atoms with Crippen molar-refractivity contribution >= 4 is 65.5 Å². The molecule has 0 radical (unpaired) electrons. The zero-order chi connectivity index (χ0) is 38.6. The summed E-state index contributed by atoms with van der Waals surface area (Å²) in [5.74, 6) is 0.381. The van der Waals surface area contributed by atoms with Gasteiger partial charge in [0.1, 0.15) is 0 Å². The molecule has 0 saturated carbocycles. The Labute approximate surface area is 343 Å². The third-order valence-corrected chi connectivity index (χ3v) is 13.1. The van der Waals surface area contributed by atoms with Gasteiger partial charge in [0.15, 0.2) is 0 Å². The fourth-order valence-electron chi connectivity index (χ4n) is 9.07. The van der Waals surface area contributed by atoms with E-state index in [1.54, 1.807) is 0 Å². The maximum absolute atomic E-state index is 2.61. The summed E-state index contributed by atoms with van der Waals surface area (Å²) in [4.78, 5) is 4.94. The van der Waals surface area contributed by atoms with E-state index in [1.165, 1.54) is 76.1 Å². The van der Waals surface area contributed by atoms with Crippen molar-refractivity contribution in [1.82, 2.24) is 0 Å². The number of thiophene rings is 1. The number of para-hydroxylation sites is 1. The Morgan fingerprint density at radius 2 is 1.00 bits per heavy atom. The minimum atomic E-state index is 0.253. The van der Waals surface area contributed by atoms with E-state index in [-0.39, 0.29) is 6.04 Å². The van der Waals surface area contributed by atoms with Gasteiger partial charge in [-0.2, -0.15) is 0 Å². The largest absolute Gasteiger partial charge is 0.332 e. The molecule has 11 rings (SSSR count). The monoisotopic (exact) mass is 760 g/mol. The second kappa shape index (κ2) is 14.2. The van der Waals surface area contributed by atoms with Gasteiger partial charge in [0.05, 0.1) is 16.4 Å². The Balaban J connectivity index is 0.896. The summed E-state index contributed by atoms with van der Waals surface area (Å²) in [6, 6.07) is 71.0. The lowest BCUT2D eigenvalue weighted by Gasteiger charge is -2.33. The lowest BCUT2D eigenvalue weighted by molar-refractivity contribution is 0.638. The van der Waals surface area contributed by atoms with Crippen LogP contribution >= 0.6 is 11.3 Å². The van der Waals surface area contributed by atoms with Crippen LogP contribution in [0.1, 0.15) is 12.5 Å². The number of rotatable bonds is 7. The maximum Gasteiger partial charge on any atom is 0.0658 e. The minimum absolute atomic E-state index is 0.253. The lowest BCUT2D eigenvalue weighted by atomic mass is 9.87. The average Bonchev–Trinajstić information content (AvgIpc) is 3.84. The molecule has 2 atom stereocenters. The molecule has 0 bridgehead atoms. The van der Waals surface area contributed by atoms with E-state index in [9.17, 15) is 0 Å². The van der Waals surface area contributed by atoms with Crippen LogP contribution in [0, 0.1) is 5.92 Å². The highest BCUT2D eigenvalue weighted by molar-refractivity contribution is 7.26. The quantitative estimate of drug-likeness (QED) is 0.160. The fraction of sp³-hybridized carbons (Fsp3) is 0.0545. The van der Waals surface area contributed by atoms with Crippen molar-refractivity contribution in [3.05, 3.63) is 218 Å². The maximum atomic E-state index is 2.61. The van der Waals surface area contributed by atoms with E-state index in [0.717, 1.165) is 17.1 Å². The Hall–Kier alpha value is -6.94. The molecular formula is C55H40N2S. The molecule has 0 spiro atoms. The number of hydrogen-bond acceptors (Lipinski definition) is 3. The Kier molecular flexibility index (Phi) is 8.41. The van der Waals surface area contributed by atoms with Crippen LogP contribution in [0.2, 0.25) is 0 Å². The van der Waals surface area contributed by atoms with Gasteiger partial charge < -0.3 is 9.80 Å². The molecule has 1 aromatic heterocycles. The topological polar surface area (TPSA) is 6.48 Å². The van der Waals surface area contributed by atoms with E-state index < -0.39 is 0 Å². The molecule has 8 aromatic carbocycles. The Morgan fingerprint density at radius 3 is 1.69 bits per heavy atom. The number of benzene rings is 8. The first-order chi connectivity index (χ1) is 28.7. The molecule has 0 N–H and O–H groups in total. The summed E-state index contributed by atoms with van der Waals surface area (Å²) in [5.41, 5.74) is 16.0. The van der Waals surface area contributed by atoms with Gasteiger partial charge in [0.25, 0.3) is 0 Å². The van der Waals surface area contributed by atoms with Gasteiger partial charge in [-0.15, -0.1) is 11.3 Å². The Morgan fingerprint density at radius 1 is 0.466 bits per heavy atom. The number of hydrogen-bond donors (Lipinski definition) is 0. The highest BCUT2D eigenvalue weighted by atomic mass is 32.1. The SMILES string of the molecule is CC1C=CC=C2c3cc(-c4ccc(-c5ccc(N(c6ccccc6)c6ccc(-c7ccccc7)cc6)cc5)cc4)ccc3N(c3cccc4c3sc3ccccc34)C21. The van der Waals surface area contributed by atoms with Crippen molar-refractivity contribution in [2.75, 3.05) is 9.80 Å². The standard InChI is InChI=1S/C55H40N2S/c1-37-12-10-18-48-50-36-43(30-35-51(50)57(54(37)48)52-20-11-19-49-47-17-8-9-21-53(47)58-55(49)52)42-24-22-39(23-25-42)41-28-33-46(34-29-41)56(44-15-6-3-7-16-44)45-31-26-40(27-32-45)38-13-4-2-5-14-38/h2-37,54H,1H3. The molecular weight excluding hydrogens is 721 g/mol. The summed E-state index contributed by atoms with van der Waals surface area (Å²) < 4.78 is 2.70. The number of nitrogens with zero attached hydrogens (tertiary/aromatic N) is 2. The van der Waals surface area contributed by atoms with Gasteiger partial charge in [-0.1, -0.05) is 159 Å². The van der Waals surface area contributed by atoms with Crippen LogP contribution in [0.15, 0.2) is 212 Å². The van der Waals surface area contributed by atoms with Crippen LogP contribution in [0.3, 0.4) is 0 Å². The first-order valence-corrected chi connectivity index (χ1v) is 20.9. The molecule has 2 unspecified atom stereocenters. The number of anilines is 5. The summed E-state index contributed by atoms with van der Waals surface area (Å²) in [5, 5.41) is 2.68. The van der Waals surface area contributed by atoms with Crippen molar-refractivity contribution in [3.8, 4) is 33.4 Å². The lowest BCUT2D eigenvalue weighted by Crippen LogP contribution is -2.33. The zero-order valence-electron chi connectivity index (χ0n) is 32.2. The Bertz CT molecular complexity index is 3000. The highest BCUT2D eigenvalue weighted by Crippen LogP contribution is 2.53. The van der Waals surface area contributed by atoms with Crippen molar-refractivity contribution in [3.63, 3.8) is 0 Å². The molecule has 1 aliphatic heterocycles. The number of allylic oxidation sites excluding steroid dienone is 2. The average molecular weight is 761 g/mol. The van der Waals surface area contributed by atoms with Gasteiger partial charge in [0, 0.05) is 43.8 Å². The van der Waals surface area contributed by atoms with Crippen LogP contribution in [0.25, 0.3) is 59.1 Å². The van der Waals surface area contributed by atoms with Crippen molar-refractivity contribution in [2.24, 2.45) is 5.92 Å². The minimum Gasteiger partial charge on any atom is -0.332 e. The second-order valence-corrected chi connectivity index (χ2v) is 16.4. The van der Waals surface area contributed by atoms with E-state index in [1.807, 2.05) is 11.3 Å². The zero-order valence-corrected chi connectivity index (χ0v) is 33.0. The molecule has 0 amide bonds. The van der Waals surface area contributed by atoms with E-state index in [0.29, 0.717) is 5.92 Å². The normalized spacial score (nSPS) is 15.7. The van der Waals surface area contributed by atoms with Crippen molar-refractivity contribution < 1.29 is 0 Å². The van der Waals surface area contributed by atoms with Crippen molar-refractivity contribution in [2.45, 2.75) is 13.0 Å². The van der Waals surface area contributed by atoms with Crippen LogP contribution in [0.5, 0.6) is 0 Å². The molecule has 3 heteroatoms. The molecule has 2 nitrogen and oxygen atoms in total. The predicted octanol–water partition coefficient (Wildman–Crippen LogP) is 15.6. The first kappa shape index (κ1) is 34.3. The van der Waals surface area contributed by atoms with E-state index in [2.05, 4.69) is 229 Å². The molecule has 0 saturated heterocycles. The first-order valence-electron chi connectivity index (χ1n) is 20.1. The van der Waals surface area contributed by atoms with Crippen molar-refractivity contribution in [1.29, 1.82) is 0 Å². The van der Waals surface area contributed by atoms with Gasteiger partial charge in [0.2, 0.25) is 0 Å². The van der Waals surface area contributed by atoms with Crippen LogP contribution in [-0.4, -0.2) is 6.04 Å². The molecule has 2 heterocycles. The smallest absolute Gasteiger partial charge is 0.0658 e. The van der Waals surface area contributed by atoms with Gasteiger partial charge >= 0.3 is 0 Å². The molecule has 0 fully saturated rings.